The summed E-state index contributed by atoms with van der Waals surface area (Å²) in [5, 5.41) is 21.8. The highest BCUT2D eigenvalue weighted by atomic mass is 16.3. The molecule has 3 aromatic rings. The first-order chi connectivity index (χ1) is 18.3. The predicted octanol–water partition coefficient (Wildman–Crippen LogP) is 6.08. The summed E-state index contributed by atoms with van der Waals surface area (Å²) in [6.07, 6.45) is 5.34. The molecule has 0 saturated heterocycles. The van der Waals surface area contributed by atoms with Gasteiger partial charge in [-0.1, -0.05) is 91.0 Å². The summed E-state index contributed by atoms with van der Waals surface area (Å²) in [6, 6.07) is 29.1. The number of hydrogen-bond donors (Lipinski definition) is 4. The number of carbonyl (C=O) groups excluding carboxylic acids is 1. The molecule has 5 nitrogen and oxygen atoms in total. The number of rotatable bonds is 10. The van der Waals surface area contributed by atoms with Gasteiger partial charge in [0.25, 0.3) is 0 Å². The molecule has 1 fully saturated rings. The molecule has 0 spiro atoms. The lowest BCUT2D eigenvalue weighted by Crippen LogP contribution is -2.54. The van der Waals surface area contributed by atoms with Crippen LogP contribution >= 0.6 is 0 Å². The van der Waals surface area contributed by atoms with Crippen molar-refractivity contribution in [1.29, 1.82) is 0 Å². The van der Waals surface area contributed by atoms with E-state index in [2.05, 4.69) is 60.1 Å². The Morgan fingerprint density at radius 1 is 0.816 bits per heavy atom. The molecule has 38 heavy (non-hydrogen) atoms. The quantitative estimate of drug-likeness (QED) is 0.265. The van der Waals surface area contributed by atoms with Crippen molar-refractivity contribution < 1.29 is 9.90 Å². The zero-order valence-corrected chi connectivity index (χ0v) is 23.0. The van der Waals surface area contributed by atoms with E-state index in [0.717, 1.165) is 49.8 Å². The van der Waals surface area contributed by atoms with E-state index in [1.54, 1.807) is 0 Å². The highest BCUT2D eigenvalue weighted by Crippen LogP contribution is 2.33. The molecule has 2 amide bonds. The summed E-state index contributed by atoms with van der Waals surface area (Å²) in [5.74, 6) is 0.676. The smallest absolute Gasteiger partial charge is 0.315 e. The molecule has 4 rings (SSSR count). The Labute approximate surface area is 228 Å². The number of benzene rings is 3. The molecule has 0 unspecified atom stereocenters. The summed E-state index contributed by atoms with van der Waals surface area (Å²) in [4.78, 5) is 13.0. The molecule has 3 aromatic carbocycles. The fourth-order valence-electron chi connectivity index (χ4n) is 5.72. The highest BCUT2D eigenvalue weighted by Gasteiger charge is 2.38. The van der Waals surface area contributed by atoms with Crippen molar-refractivity contribution in [3.63, 3.8) is 0 Å². The molecule has 1 atom stereocenters. The second kappa shape index (κ2) is 12.6. The molecule has 0 heterocycles. The van der Waals surface area contributed by atoms with Crippen LogP contribution < -0.4 is 16.0 Å². The lowest BCUT2D eigenvalue weighted by atomic mass is 9.81. The van der Waals surface area contributed by atoms with Gasteiger partial charge in [0.1, 0.15) is 5.60 Å². The van der Waals surface area contributed by atoms with Gasteiger partial charge >= 0.3 is 6.03 Å². The Balaban J connectivity index is 1.26. The van der Waals surface area contributed by atoms with Crippen LogP contribution in [-0.4, -0.2) is 29.8 Å². The minimum Gasteiger partial charge on any atom is -0.378 e. The van der Waals surface area contributed by atoms with Crippen molar-refractivity contribution in [1.82, 2.24) is 16.0 Å². The average Bonchev–Trinajstić information content (AvgIpc) is 2.95. The molecule has 0 radical (unpaired) electrons. The molecule has 202 valence electrons. The van der Waals surface area contributed by atoms with Crippen molar-refractivity contribution in [3.05, 3.63) is 108 Å². The third kappa shape index (κ3) is 6.83. The van der Waals surface area contributed by atoms with E-state index in [1.165, 1.54) is 5.56 Å². The summed E-state index contributed by atoms with van der Waals surface area (Å²) in [5.41, 5.74) is 1.43. The topological polar surface area (TPSA) is 73.4 Å². The summed E-state index contributed by atoms with van der Waals surface area (Å²) >= 11 is 0. The lowest BCUT2D eigenvalue weighted by molar-refractivity contribution is 0.0470. The van der Waals surface area contributed by atoms with Gasteiger partial charge in [-0.3, -0.25) is 0 Å². The third-order valence-electron chi connectivity index (χ3n) is 8.20. The minimum absolute atomic E-state index is 0.0454. The van der Waals surface area contributed by atoms with Gasteiger partial charge in [-0.2, -0.15) is 0 Å². The summed E-state index contributed by atoms with van der Waals surface area (Å²) in [6.45, 7) is 7.32. The maximum Gasteiger partial charge on any atom is 0.315 e. The van der Waals surface area contributed by atoms with Gasteiger partial charge in [-0.15, -0.1) is 0 Å². The van der Waals surface area contributed by atoms with Gasteiger partial charge in [0.15, 0.2) is 0 Å². The number of carbonyl (C=O) groups is 1. The molecule has 1 aliphatic rings. The van der Waals surface area contributed by atoms with Crippen LogP contribution in [0.5, 0.6) is 0 Å². The Kier molecular flexibility index (Phi) is 9.24. The lowest BCUT2D eigenvalue weighted by Gasteiger charge is -2.36. The van der Waals surface area contributed by atoms with Crippen molar-refractivity contribution in [2.45, 2.75) is 76.1 Å². The normalized spacial score (nSPS) is 18.9. The van der Waals surface area contributed by atoms with E-state index < -0.39 is 11.6 Å². The van der Waals surface area contributed by atoms with Gasteiger partial charge < -0.3 is 21.1 Å². The first kappa shape index (κ1) is 27.9. The predicted molar refractivity (Wildman–Crippen MR) is 155 cm³/mol. The van der Waals surface area contributed by atoms with Crippen LogP contribution in [0.15, 0.2) is 91.0 Å². The van der Waals surface area contributed by atoms with E-state index >= 15 is 0 Å². The maximum absolute atomic E-state index is 13.0. The number of urea groups is 1. The zero-order chi connectivity index (χ0) is 27.0. The van der Waals surface area contributed by atoms with Crippen molar-refractivity contribution in [2.75, 3.05) is 6.54 Å². The molecule has 0 aliphatic heterocycles. The summed E-state index contributed by atoms with van der Waals surface area (Å²) < 4.78 is 0. The van der Waals surface area contributed by atoms with Gasteiger partial charge in [-0.05, 0) is 82.0 Å². The molecule has 0 bridgehead atoms. The fraction of sp³-hybridized carbons (Fsp3) is 0.424. The Hall–Kier alpha value is -3.15. The second-order valence-electron chi connectivity index (χ2n) is 11.3. The van der Waals surface area contributed by atoms with E-state index in [1.807, 2.05) is 67.6 Å². The van der Waals surface area contributed by atoms with Crippen LogP contribution in [0.1, 0.15) is 69.6 Å². The van der Waals surface area contributed by atoms with Gasteiger partial charge in [-0.25, -0.2) is 4.79 Å². The first-order valence-corrected chi connectivity index (χ1v) is 14.0. The van der Waals surface area contributed by atoms with Crippen LogP contribution in [0.25, 0.3) is 0 Å². The molecule has 1 aliphatic carbocycles. The van der Waals surface area contributed by atoms with Crippen LogP contribution in [0.2, 0.25) is 0 Å². The third-order valence-corrected chi connectivity index (χ3v) is 8.20. The highest BCUT2D eigenvalue weighted by molar-refractivity contribution is 5.75. The SMILES string of the molecule is C[C@@H](NC(=O)N[C@H]1CC[C@H](CCNC(C)(C)c2ccccc2)CC1)C(O)(c1ccccc1)c1ccccc1. The zero-order valence-electron chi connectivity index (χ0n) is 23.0. The fourth-order valence-corrected chi connectivity index (χ4v) is 5.72. The van der Waals surface area contributed by atoms with E-state index in [4.69, 9.17) is 0 Å². The van der Waals surface area contributed by atoms with Crippen molar-refractivity contribution in [3.8, 4) is 0 Å². The van der Waals surface area contributed by atoms with Crippen molar-refractivity contribution >= 4 is 6.03 Å². The van der Waals surface area contributed by atoms with Gasteiger partial charge in [0.05, 0.1) is 6.04 Å². The van der Waals surface area contributed by atoms with Crippen molar-refractivity contribution in [2.24, 2.45) is 5.92 Å². The average molecular weight is 514 g/mol. The summed E-state index contributed by atoms with van der Waals surface area (Å²) in [7, 11) is 0. The monoisotopic (exact) mass is 513 g/mol. The van der Waals surface area contributed by atoms with E-state index in [9.17, 15) is 9.90 Å². The number of nitrogens with one attached hydrogen (secondary N) is 3. The Morgan fingerprint density at radius 3 is 1.79 bits per heavy atom. The second-order valence-corrected chi connectivity index (χ2v) is 11.3. The number of aliphatic hydroxyl groups is 1. The molecule has 0 aromatic heterocycles. The Morgan fingerprint density at radius 2 is 1.29 bits per heavy atom. The van der Waals surface area contributed by atoms with Crippen LogP contribution in [-0.2, 0) is 11.1 Å². The van der Waals surface area contributed by atoms with E-state index in [-0.39, 0.29) is 17.6 Å². The van der Waals surface area contributed by atoms with Crippen LogP contribution in [0, 0.1) is 5.92 Å². The van der Waals surface area contributed by atoms with Gasteiger partial charge in [0.2, 0.25) is 0 Å². The molecule has 5 heteroatoms. The number of amides is 2. The minimum atomic E-state index is -1.34. The van der Waals surface area contributed by atoms with Crippen LogP contribution in [0.3, 0.4) is 0 Å². The first-order valence-electron chi connectivity index (χ1n) is 14.0. The van der Waals surface area contributed by atoms with E-state index in [0.29, 0.717) is 5.92 Å². The van der Waals surface area contributed by atoms with Gasteiger partial charge in [0, 0.05) is 11.6 Å². The Bertz CT molecular complexity index is 1090. The molecular formula is C33H43N3O2. The molecule has 4 N–H and O–H groups in total. The standard InChI is InChI=1S/C33H43N3O2/c1-25(33(38,28-15-9-5-10-16-28)29-17-11-6-12-18-29)35-31(37)36-30-21-19-26(20-22-30)23-24-34-32(2,3)27-13-7-4-8-14-27/h4-18,25-26,30,34,38H,19-24H2,1-3H3,(H2,35,36,37)/t25-,26-,30-/m1/s1. The largest absolute Gasteiger partial charge is 0.378 e. The maximum atomic E-state index is 13.0. The molecular weight excluding hydrogens is 470 g/mol. The van der Waals surface area contributed by atoms with Crippen LogP contribution in [0.4, 0.5) is 4.79 Å². The molecule has 1 saturated carbocycles. The number of hydrogen-bond acceptors (Lipinski definition) is 3.